The molecule has 98 valence electrons. The zero-order valence-electron chi connectivity index (χ0n) is 10.6. The molecule has 0 amide bonds. The van der Waals surface area contributed by atoms with Gasteiger partial charge in [-0.3, -0.25) is 10.2 Å². The molecular weight excluding hydrogens is 252 g/mol. The lowest BCUT2D eigenvalue weighted by molar-refractivity contribution is 1.02. The Morgan fingerprint density at radius 1 is 1.05 bits per heavy atom. The van der Waals surface area contributed by atoms with Crippen molar-refractivity contribution in [2.75, 3.05) is 0 Å². The SMILES string of the molecule is C=Cc1[nH]nc(N=Nc2ccn[nH]2)c1-c1ccccc1. The van der Waals surface area contributed by atoms with E-state index >= 15 is 0 Å². The minimum Gasteiger partial charge on any atom is -0.276 e. The Hall–Kier alpha value is -3.02. The van der Waals surface area contributed by atoms with Gasteiger partial charge in [0.05, 0.1) is 17.5 Å². The Morgan fingerprint density at radius 3 is 2.60 bits per heavy atom. The van der Waals surface area contributed by atoms with Crippen molar-refractivity contribution in [3.63, 3.8) is 0 Å². The fourth-order valence-corrected chi connectivity index (χ4v) is 1.86. The van der Waals surface area contributed by atoms with Crippen molar-refractivity contribution in [2.45, 2.75) is 0 Å². The van der Waals surface area contributed by atoms with Crippen molar-refractivity contribution in [1.82, 2.24) is 20.4 Å². The van der Waals surface area contributed by atoms with E-state index in [1.54, 1.807) is 18.3 Å². The van der Waals surface area contributed by atoms with Crippen LogP contribution in [0.4, 0.5) is 11.6 Å². The van der Waals surface area contributed by atoms with Crippen molar-refractivity contribution in [1.29, 1.82) is 0 Å². The van der Waals surface area contributed by atoms with Gasteiger partial charge in [-0.25, -0.2) is 0 Å². The summed E-state index contributed by atoms with van der Waals surface area (Å²) in [6.45, 7) is 3.78. The summed E-state index contributed by atoms with van der Waals surface area (Å²) in [6.07, 6.45) is 3.33. The molecule has 0 radical (unpaired) electrons. The standard InChI is InChI=1S/C14H12N6/c1-2-11-13(10-6-4-3-5-7-10)14(19-16-11)20-18-12-8-9-15-17-12/h2-9H,1H2,(H,15,17)(H,16,19). The van der Waals surface area contributed by atoms with E-state index in [9.17, 15) is 0 Å². The molecule has 6 nitrogen and oxygen atoms in total. The molecule has 0 bridgehead atoms. The first-order valence-corrected chi connectivity index (χ1v) is 6.06. The molecule has 2 aromatic heterocycles. The van der Waals surface area contributed by atoms with Gasteiger partial charge in [0.1, 0.15) is 0 Å². The first-order valence-electron chi connectivity index (χ1n) is 6.06. The molecule has 1 aromatic carbocycles. The van der Waals surface area contributed by atoms with Gasteiger partial charge in [-0.2, -0.15) is 10.2 Å². The maximum atomic E-state index is 4.17. The molecule has 0 spiro atoms. The topological polar surface area (TPSA) is 82.1 Å². The first-order chi connectivity index (χ1) is 9.88. The minimum atomic E-state index is 0.515. The second-order valence-corrected chi connectivity index (χ2v) is 4.05. The van der Waals surface area contributed by atoms with Crippen LogP contribution >= 0.6 is 0 Å². The van der Waals surface area contributed by atoms with E-state index in [4.69, 9.17) is 0 Å². The quantitative estimate of drug-likeness (QED) is 0.701. The highest BCUT2D eigenvalue weighted by atomic mass is 15.3. The summed E-state index contributed by atoms with van der Waals surface area (Å²) in [5, 5.41) is 21.8. The van der Waals surface area contributed by atoms with Crippen LogP contribution in [0.3, 0.4) is 0 Å². The Balaban J connectivity index is 2.04. The molecule has 3 rings (SSSR count). The summed E-state index contributed by atoms with van der Waals surface area (Å²) in [7, 11) is 0. The molecule has 0 unspecified atom stereocenters. The van der Waals surface area contributed by atoms with Gasteiger partial charge in [-0.05, 0) is 11.6 Å². The third kappa shape index (κ3) is 2.26. The van der Waals surface area contributed by atoms with E-state index in [2.05, 4.69) is 37.2 Å². The van der Waals surface area contributed by atoms with Gasteiger partial charge in [0.2, 0.25) is 5.82 Å². The van der Waals surface area contributed by atoms with Gasteiger partial charge in [0.25, 0.3) is 0 Å². The fraction of sp³-hybridized carbons (Fsp3) is 0. The number of aromatic amines is 2. The summed E-state index contributed by atoms with van der Waals surface area (Å²) >= 11 is 0. The van der Waals surface area contributed by atoms with Gasteiger partial charge in [0.15, 0.2) is 5.82 Å². The largest absolute Gasteiger partial charge is 0.276 e. The van der Waals surface area contributed by atoms with Crippen LogP contribution in [0, 0.1) is 0 Å². The lowest BCUT2D eigenvalue weighted by atomic mass is 10.1. The van der Waals surface area contributed by atoms with Crippen LogP contribution in [-0.4, -0.2) is 20.4 Å². The summed E-state index contributed by atoms with van der Waals surface area (Å²) in [5.74, 6) is 1.09. The van der Waals surface area contributed by atoms with Crippen LogP contribution in [0.5, 0.6) is 0 Å². The smallest absolute Gasteiger partial charge is 0.203 e. The van der Waals surface area contributed by atoms with Crippen LogP contribution < -0.4 is 0 Å². The van der Waals surface area contributed by atoms with Crippen LogP contribution in [0.25, 0.3) is 17.2 Å². The molecule has 0 atom stereocenters. The number of hydrogen-bond donors (Lipinski definition) is 2. The van der Waals surface area contributed by atoms with Gasteiger partial charge in [-0.1, -0.05) is 36.9 Å². The van der Waals surface area contributed by atoms with Gasteiger partial charge in [-0.15, -0.1) is 10.2 Å². The Bertz CT molecular complexity index is 724. The van der Waals surface area contributed by atoms with Crippen molar-refractivity contribution in [2.24, 2.45) is 10.2 Å². The molecule has 6 heteroatoms. The number of azo groups is 1. The number of H-pyrrole nitrogens is 2. The maximum Gasteiger partial charge on any atom is 0.203 e. The molecule has 0 aliphatic rings. The Kier molecular flexibility index (Phi) is 3.20. The molecule has 0 fully saturated rings. The monoisotopic (exact) mass is 264 g/mol. The molecule has 3 aromatic rings. The number of rotatable bonds is 4. The zero-order valence-corrected chi connectivity index (χ0v) is 10.6. The van der Waals surface area contributed by atoms with E-state index in [-0.39, 0.29) is 0 Å². The second-order valence-electron chi connectivity index (χ2n) is 4.05. The van der Waals surface area contributed by atoms with Crippen molar-refractivity contribution < 1.29 is 0 Å². The average molecular weight is 264 g/mol. The number of nitrogens with one attached hydrogen (secondary N) is 2. The zero-order chi connectivity index (χ0) is 13.8. The third-order valence-electron chi connectivity index (χ3n) is 2.78. The third-order valence-corrected chi connectivity index (χ3v) is 2.78. The lowest BCUT2D eigenvalue weighted by Crippen LogP contribution is -1.78. The highest BCUT2D eigenvalue weighted by Gasteiger charge is 2.12. The number of hydrogen-bond acceptors (Lipinski definition) is 4. The van der Waals surface area contributed by atoms with E-state index in [1.807, 2.05) is 30.3 Å². The normalized spacial score (nSPS) is 11.0. The average Bonchev–Trinajstić information content (AvgIpc) is 3.15. The van der Waals surface area contributed by atoms with Gasteiger partial charge >= 0.3 is 0 Å². The predicted octanol–water partition coefficient (Wildman–Crippen LogP) is 3.86. The molecule has 0 aliphatic carbocycles. The van der Waals surface area contributed by atoms with E-state index in [0.29, 0.717) is 11.6 Å². The van der Waals surface area contributed by atoms with E-state index < -0.39 is 0 Å². The molecule has 2 heterocycles. The van der Waals surface area contributed by atoms with Crippen molar-refractivity contribution in [3.05, 3.63) is 54.9 Å². The summed E-state index contributed by atoms with van der Waals surface area (Å²) in [5.41, 5.74) is 2.70. The lowest BCUT2D eigenvalue weighted by Gasteiger charge is -2.00. The molecule has 20 heavy (non-hydrogen) atoms. The molecule has 0 saturated carbocycles. The van der Waals surface area contributed by atoms with Crippen LogP contribution in [-0.2, 0) is 0 Å². The minimum absolute atomic E-state index is 0.515. The van der Waals surface area contributed by atoms with Crippen LogP contribution in [0.15, 0.2) is 59.4 Å². The second kappa shape index (κ2) is 5.31. The van der Waals surface area contributed by atoms with Gasteiger partial charge < -0.3 is 0 Å². The summed E-state index contributed by atoms with van der Waals surface area (Å²) in [6, 6.07) is 11.6. The van der Waals surface area contributed by atoms with Gasteiger partial charge in [0, 0.05) is 6.07 Å². The highest BCUT2D eigenvalue weighted by molar-refractivity contribution is 5.80. The van der Waals surface area contributed by atoms with Crippen molar-refractivity contribution in [3.8, 4) is 11.1 Å². The molecule has 2 N–H and O–H groups in total. The molecular formula is C14H12N6. The number of nitrogens with zero attached hydrogens (tertiary/aromatic N) is 4. The Labute approximate surface area is 115 Å². The van der Waals surface area contributed by atoms with E-state index in [0.717, 1.165) is 16.8 Å². The fourth-order valence-electron chi connectivity index (χ4n) is 1.86. The summed E-state index contributed by atoms with van der Waals surface area (Å²) < 4.78 is 0. The van der Waals surface area contributed by atoms with Crippen molar-refractivity contribution >= 4 is 17.7 Å². The maximum absolute atomic E-state index is 4.17. The van der Waals surface area contributed by atoms with Crippen LogP contribution in [0.1, 0.15) is 5.69 Å². The molecule has 0 saturated heterocycles. The molecule has 0 aliphatic heterocycles. The number of aromatic nitrogens is 4. The summed E-state index contributed by atoms with van der Waals surface area (Å²) in [4.78, 5) is 0. The predicted molar refractivity (Wildman–Crippen MR) is 76.9 cm³/mol. The van der Waals surface area contributed by atoms with E-state index in [1.165, 1.54) is 0 Å². The first kappa shape index (κ1) is 12.0. The Morgan fingerprint density at radius 2 is 1.90 bits per heavy atom. The van der Waals surface area contributed by atoms with Crippen LogP contribution in [0.2, 0.25) is 0 Å². The number of benzene rings is 1. The highest BCUT2D eigenvalue weighted by Crippen LogP contribution is 2.32.